The number of imide groups is 1. The van der Waals surface area contributed by atoms with E-state index in [1.807, 2.05) is 0 Å². The van der Waals surface area contributed by atoms with Crippen molar-refractivity contribution in [2.75, 3.05) is 11.9 Å². The van der Waals surface area contributed by atoms with Crippen molar-refractivity contribution in [2.45, 2.75) is 18.6 Å². The zero-order valence-corrected chi connectivity index (χ0v) is 17.2. The van der Waals surface area contributed by atoms with Gasteiger partial charge in [0.15, 0.2) is 0 Å². The molecule has 0 saturated carbocycles. The summed E-state index contributed by atoms with van der Waals surface area (Å²) in [6, 6.07) is 3.63. The number of aromatic nitrogens is 3. The fourth-order valence-corrected chi connectivity index (χ4v) is 4.03. The zero-order chi connectivity index (χ0) is 23.1. The highest BCUT2D eigenvalue weighted by atomic mass is 32.1. The van der Waals surface area contributed by atoms with Gasteiger partial charge in [0.2, 0.25) is 5.91 Å². The monoisotopic (exact) mass is 464 g/mol. The van der Waals surface area contributed by atoms with Gasteiger partial charge in [0, 0.05) is 0 Å². The van der Waals surface area contributed by atoms with Crippen molar-refractivity contribution in [3.63, 3.8) is 0 Å². The van der Waals surface area contributed by atoms with Crippen LogP contribution in [0.5, 0.6) is 0 Å². The summed E-state index contributed by atoms with van der Waals surface area (Å²) in [6.45, 7) is 0.834. The Morgan fingerprint density at radius 3 is 2.69 bits per heavy atom. The molecule has 1 aliphatic rings. The summed E-state index contributed by atoms with van der Waals surface area (Å²) in [7, 11) is 0. The topological polar surface area (TPSA) is 109 Å². The lowest BCUT2D eigenvalue weighted by molar-refractivity contribution is -0.137. The average molecular weight is 464 g/mol. The van der Waals surface area contributed by atoms with Crippen molar-refractivity contribution in [1.82, 2.24) is 25.0 Å². The Kier molecular flexibility index (Phi) is 5.20. The Morgan fingerprint density at radius 2 is 2.06 bits per heavy atom. The molecule has 1 unspecified atom stereocenters. The molecule has 0 spiro atoms. The van der Waals surface area contributed by atoms with E-state index in [1.54, 1.807) is 16.8 Å². The minimum absolute atomic E-state index is 0.129. The smallest absolute Gasteiger partial charge is 0.323 e. The van der Waals surface area contributed by atoms with Gasteiger partial charge in [0.25, 0.3) is 5.91 Å². The molecular weight excluding hydrogens is 449 g/mol. The molecule has 32 heavy (non-hydrogen) atoms. The van der Waals surface area contributed by atoms with E-state index in [-0.39, 0.29) is 11.4 Å². The summed E-state index contributed by atoms with van der Waals surface area (Å²) in [5.74, 6) is -1.50. The Balaban J connectivity index is 1.58. The number of nitrogens with one attached hydrogen (secondary N) is 2. The molecule has 166 valence electrons. The predicted octanol–water partition coefficient (Wildman–Crippen LogP) is 2.75. The van der Waals surface area contributed by atoms with Crippen LogP contribution < -0.4 is 10.6 Å². The molecule has 4 amide bonds. The highest BCUT2D eigenvalue weighted by Crippen LogP contribution is 2.34. The number of benzene rings is 1. The van der Waals surface area contributed by atoms with Crippen LogP contribution in [-0.4, -0.2) is 44.1 Å². The molecule has 1 atom stereocenters. The Hall–Kier alpha value is -3.74. The third-order valence-corrected chi connectivity index (χ3v) is 5.62. The predicted molar refractivity (Wildman–Crippen MR) is 107 cm³/mol. The summed E-state index contributed by atoms with van der Waals surface area (Å²) in [5, 5.41) is 12.2. The first kappa shape index (κ1) is 21.5. The van der Waals surface area contributed by atoms with Gasteiger partial charge in [0.05, 0.1) is 16.9 Å². The molecule has 0 radical (unpaired) electrons. The number of anilines is 1. The first-order chi connectivity index (χ1) is 15.1. The van der Waals surface area contributed by atoms with Crippen molar-refractivity contribution < 1.29 is 27.6 Å². The molecule has 3 heterocycles. The molecule has 13 heteroatoms. The van der Waals surface area contributed by atoms with E-state index in [9.17, 15) is 27.6 Å². The fraction of sp³-hybridized carbons (Fsp3) is 0.211. The number of alkyl halides is 3. The van der Waals surface area contributed by atoms with Gasteiger partial charge in [-0.25, -0.2) is 14.5 Å². The third kappa shape index (κ3) is 3.82. The number of thiophene rings is 1. The molecule has 9 nitrogen and oxygen atoms in total. The zero-order valence-electron chi connectivity index (χ0n) is 16.4. The van der Waals surface area contributed by atoms with Crippen molar-refractivity contribution in [3.05, 3.63) is 58.8 Å². The fourth-order valence-electron chi connectivity index (χ4n) is 3.26. The van der Waals surface area contributed by atoms with Crippen molar-refractivity contribution in [2.24, 2.45) is 0 Å². The maximum atomic E-state index is 13.2. The number of hydrogen-bond donors (Lipinski definition) is 2. The average Bonchev–Trinajstić information content (AvgIpc) is 3.47. The SMILES string of the molecule is CC1(c2ccsc2)NC(=O)N(CC(=O)Nc2cc(C(F)(F)F)ccc2-n2cncn2)C1=O. The molecule has 1 aromatic carbocycles. The van der Waals surface area contributed by atoms with Crippen LogP contribution in [0.15, 0.2) is 47.7 Å². The van der Waals surface area contributed by atoms with E-state index in [2.05, 4.69) is 20.7 Å². The van der Waals surface area contributed by atoms with Crippen LogP contribution in [0.2, 0.25) is 0 Å². The molecule has 3 aromatic rings. The Labute approximate surface area is 182 Å². The molecule has 2 N–H and O–H groups in total. The molecule has 1 aliphatic heterocycles. The second-order valence-corrected chi connectivity index (χ2v) is 7.86. The van der Waals surface area contributed by atoms with Crippen LogP contribution in [-0.2, 0) is 21.3 Å². The standard InChI is InChI=1S/C19H15F3N6O3S/c1-18(12-4-5-32-8-12)16(30)27(17(31)26-18)7-15(29)25-13-6-11(19(20,21)22)2-3-14(13)28-10-23-9-24-28/h2-6,8-10H,7H2,1H3,(H,25,29)(H,26,31). The summed E-state index contributed by atoms with van der Waals surface area (Å²) in [6.07, 6.45) is -2.21. The normalized spacial score (nSPS) is 18.7. The molecular formula is C19H15F3N6O3S. The number of urea groups is 1. The van der Waals surface area contributed by atoms with Gasteiger partial charge in [-0.1, -0.05) is 0 Å². The van der Waals surface area contributed by atoms with E-state index in [1.165, 1.54) is 35.6 Å². The van der Waals surface area contributed by atoms with E-state index >= 15 is 0 Å². The second-order valence-electron chi connectivity index (χ2n) is 7.08. The molecule has 1 saturated heterocycles. The number of carbonyl (C=O) groups is 3. The van der Waals surface area contributed by atoms with Gasteiger partial charge in [-0.3, -0.25) is 14.5 Å². The quantitative estimate of drug-likeness (QED) is 0.565. The van der Waals surface area contributed by atoms with Crippen molar-refractivity contribution in [3.8, 4) is 5.69 Å². The minimum Gasteiger partial charge on any atom is -0.323 e. The van der Waals surface area contributed by atoms with Crippen molar-refractivity contribution in [1.29, 1.82) is 0 Å². The lowest BCUT2D eigenvalue weighted by atomic mass is 9.95. The van der Waals surface area contributed by atoms with Gasteiger partial charge in [-0.05, 0) is 47.5 Å². The first-order valence-electron chi connectivity index (χ1n) is 9.12. The maximum Gasteiger partial charge on any atom is 0.416 e. The number of amides is 4. The molecule has 0 bridgehead atoms. The van der Waals surface area contributed by atoms with E-state index < -0.39 is 41.7 Å². The minimum atomic E-state index is -4.65. The summed E-state index contributed by atoms with van der Waals surface area (Å²) in [4.78, 5) is 42.3. The number of halogens is 3. The van der Waals surface area contributed by atoms with E-state index in [0.717, 1.165) is 23.1 Å². The molecule has 0 aliphatic carbocycles. The first-order valence-corrected chi connectivity index (χ1v) is 10.1. The number of hydrogen-bond acceptors (Lipinski definition) is 6. The summed E-state index contributed by atoms with van der Waals surface area (Å²) < 4.78 is 40.7. The maximum absolute atomic E-state index is 13.2. The molecule has 1 fully saturated rings. The Bertz CT molecular complexity index is 1180. The van der Waals surface area contributed by atoms with Crippen molar-refractivity contribution >= 4 is 34.9 Å². The van der Waals surface area contributed by atoms with E-state index in [4.69, 9.17) is 0 Å². The van der Waals surface area contributed by atoms with Crippen LogP contribution >= 0.6 is 11.3 Å². The van der Waals surface area contributed by atoms with Crippen LogP contribution in [0.4, 0.5) is 23.7 Å². The number of rotatable bonds is 5. The number of nitrogens with zero attached hydrogens (tertiary/aromatic N) is 4. The largest absolute Gasteiger partial charge is 0.416 e. The van der Waals surface area contributed by atoms with Crippen LogP contribution in [0.1, 0.15) is 18.1 Å². The molecule has 4 rings (SSSR count). The summed E-state index contributed by atoms with van der Waals surface area (Å²) in [5.41, 5.74) is -1.83. The highest BCUT2D eigenvalue weighted by Gasteiger charge is 2.49. The van der Waals surface area contributed by atoms with Gasteiger partial charge >= 0.3 is 12.2 Å². The second kappa shape index (κ2) is 7.75. The Morgan fingerprint density at radius 1 is 1.28 bits per heavy atom. The van der Waals surface area contributed by atoms with Gasteiger partial charge in [-0.15, -0.1) is 0 Å². The lowest BCUT2D eigenvalue weighted by Crippen LogP contribution is -2.41. The van der Waals surface area contributed by atoms with Crippen LogP contribution in [0.3, 0.4) is 0 Å². The van der Waals surface area contributed by atoms with Gasteiger partial charge < -0.3 is 10.6 Å². The lowest BCUT2D eigenvalue weighted by Gasteiger charge is -2.20. The highest BCUT2D eigenvalue weighted by molar-refractivity contribution is 7.08. The van der Waals surface area contributed by atoms with Crippen LogP contribution in [0.25, 0.3) is 5.69 Å². The van der Waals surface area contributed by atoms with Crippen LogP contribution in [0, 0.1) is 0 Å². The number of carbonyl (C=O) groups excluding carboxylic acids is 3. The van der Waals surface area contributed by atoms with Gasteiger partial charge in [0.1, 0.15) is 24.7 Å². The third-order valence-electron chi connectivity index (χ3n) is 4.94. The summed E-state index contributed by atoms with van der Waals surface area (Å²) >= 11 is 1.34. The van der Waals surface area contributed by atoms with E-state index in [0.29, 0.717) is 5.56 Å². The van der Waals surface area contributed by atoms with Gasteiger partial charge in [-0.2, -0.15) is 29.6 Å². The molecule has 2 aromatic heterocycles.